The lowest BCUT2D eigenvalue weighted by Crippen LogP contribution is -2.22. The van der Waals surface area contributed by atoms with Crippen LogP contribution >= 0.6 is 0 Å². The number of carbonyl (C=O) groups excluding carboxylic acids is 2. The van der Waals surface area contributed by atoms with Gasteiger partial charge in [0.2, 0.25) is 0 Å². The third-order valence-corrected chi connectivity index (χ3v) is 5.68. The standard InChI is InChI=1S/C23H20N4O3/c1-11-6-14-15(9-25-17(14)8-19(11)30-3)20-21(23(29)26-22(20)28)16-10-27(2)18-7-12(24)4-5-13(16)18/h4-10,25H,24H2,1-3H3,(H,26,28,29). The minimum Gasteiger partial charge on any atom is -0.496 e. The molecule has 7 nitrogen and oxygen atoms in total. The molecule has 2 aromatic carbocycles. The second-order valence-electron chi connectivity index (χ2n) is 7.53. The number of nitrogens with two attached hydrogens (primary N) is 1. The van der Waals surface area contributed by atoms with E-state index in [0.29, 0.717) is 28.0 Å². The molecule has 150 valence electrons. The van der Waals surface area contributed by atoms with Gasteiger partial charge in [0.25, 0.3) is 11.8 Å². The largest absolute Gasteiger partial charge is 0.496 e. The molecule has 0 saturated heterocycles. The summed E-state index contributed by atoms with van der Waals surface area (Å²) >= 11 is 0. The Hall–Kier alpha value is -4.00. The van der Waals surface area contributed by atoms with Crippen LogP contribution in [0.4, 0.5) is 5.69 Å². The molecule has 4 N–H and O–H groups in total. The molecule has 1 aliphatic heterocycles. The average molecular weight is 400 g/mol. The van der Waals surface area contributed by atoms with Crippen LogP contribution in [0.3, 0.4) is 0 Å². The minimum absolute atomic E-state index is 0.361. The van der Waals surface area contributed by atoms with E-state index in [1.165, 1.54) is 0 Å². The van der Waals surface area contributed by atoms with Crippen molar-refractivity contribution < 1.29 is 14.3 Å². The van der Waals surface area contributed by atoms with E-state index in [2.05, 4.69) is 10.3 Å². The highest BCUT2D eigenvalue weighted by atomic mass is 16.5. The van der Waals surface area contributed by atoms with Crippen LogP contribution in [0.25, 0.3) is 33.0 Å². The van der Waals surface area contributed by atoms with Crippen molar-refractivity contribution in [1.82, 2.24) is 14.9 Å². The average Bonchev–Trinajstić information content (AvgIpc) is 3.34. The second-order valence-corrected chi connectivity index (χ2v) is 7.53. The maximum atomic E-state index is 12.9. The van der Waals surface area contributed by atoms with E-state index in [1.807, 2.05) is 49.0 Å². The van der Waals surface area contributed by atoms with Crippen LogP contribution in [0.5, 0.6) is 5.75 Å². The first-order valence-electron chi connectivity index (χ1n) is 9.50. The number of aromatic nitrogens is 2. The Balaban J connectivity index is 1.82. The van der Waals surface area contributed by atoms with Gasteiger partial charge in [-0.25, -0.2) is 0 Å². The quantitative estimate of drug-likeness (QED) is 0.363. The van der Waals surface area contributed by atoms with E-state index >= 15 is 0 Å². The van der Waals surface area contributed by atoms with E-state index in [1.54, 1.807) is 19.4 Å². The number of hydrogen-bond donors (Lipinski definition) is 3. The number of nitrogen functional groups attached to an aromatic ring is 1. The molecule has 0 bridgehead atoms. The van der Waals surface area contributed by atoms with Crippen LogP contribution < -0.4 is 15.8 Å². The van der Waals surface area contributed by atoms with Crippen molar-refractivity contribution in [2.45, 2.75) is 6.92 Å². The van der Waals surface area contributed by atoms with Crippen molar-refractivity contribution >= 4 is 50.5 Å². The predicted octanol–water partition coefficient (Wildman–Crippen LogP) is 3.13. The monoisotopic (exact) mass is 400 g/mol. The van der Waals surface area contributed by atoms with Crippen molar-refractivity contribution in [3.8, 4) is 5.75 Å². The zero-order chi connectivity index (χ0) is 21.2. The Bertz CT molecular complexity index is 1420. The molecule has 2 amide bonds. The predicted molar refractivity (Wildman–Crippen MR) is 117 cm³/mol. The molecule has 4 aromatic rings. The molecule has 0 fully saturated rings. The Morgan fingerprint density at radius 3 is 2.47 bits per heavy atom. The number of ether oxygens (including phenoxy) is 1. The lowest BCUT2D eigenvalue weighted by atomic mass is 9.95. The van der Waals surface area contributed by atoms with Crippen LogP contribution in [0.15, 0.2) is 42.7 Å². The maximum absolute atomic E-state index is 12.9. The summed E-state index contributed by atoms with van der Waals surface area (Å²) in [6, 6.07) is 9.39. The molecule has 0 atom stereocenters. The molecule has 1 aliphatic rings. The van der Waals surface area contributed by atoms with Gasteiger partial charge in [0.15, 0.2) is 0 Å². The van der Waals surface area contributed by atoms with Gasteiger partial charge in [0.1, 0.15) is 5.75 Å². The van der Waals surface area contributed by atoms with Crippen molar-refractivity contribution in [1.29, 1.82) is 0 Å². The number of rotatable bonds is 3. The van der Waals surface area contributed by atoms with Gasteiger partial charge in [0.05, 0.1) is 23.8 Å². The zero-order valence-corrected chi connectivity index (χ0v) is 16.8. The number of aromatic amines is 1. The van der Waals surface area contributed by atoms with E-state index in [-0.39, 0.29) is 0 Å². The first-order chi connectivity index (χ1) is 14.4. The number of nitrogens with one attached hydrogen (secondary N) is 2. The fourth-order valence-electron chi connectivity index (χ4n) is 4.25. The van der Waals surface area contributed by atoms with Crippen LogP contribution in [-0.4, -0.2) is 28.5 Å². The van der Waals surface area contributed by atoms with E-state index in [4.69, 9.17) is 10.5 Å². The van der Waals surface area contributed by atoms with Gasteiger partial charge in [-0.1, -0.05) is 6.07 Å². The summed E-state index contributed by atoms with van der Waals surface area (Å²) in [4.78, 5) is 28.9. The summed E-state index contributed by atoms with van der Waals surface area (Å²) < 4.78 is 7.31. The molecule has 0 saturated carbocycles. The normalized spacial score (nSPS) is 14.2. The molecule has 0 aliphatic carbocycles. The molecule has 7 heteroatoms. The zero-order valence-electron chi connectivity index (χ0n) is 16.8. The number of benzene rings is 2. The van der Waals surface area contributed by atoms with Gasteiger partial charge >= 0.3 is 0 Å². The fourth-order valence-corrected chi connectivity index (χ4v) is 4.25. The Kier molecular flexibility index (Phi) is 3.76. The molecule has 0 spiro atoms. The number of anilines is 1. The van der Waals surface area contributed by atoms with Gasteiger partial charge < -0.3 is 20.0 Å². The number of carbonyl (C=O) groups is 2. The van der Waals surface area contributed by atoms with E-state index in [9.17, 15) is 9.59 Å². The Morgan fingerprint density at radius 2 is 1.73 bits per heavy atom. The molecule has 5 rings (SSSR count). The molecule has 2 aromatic heterocycles. The Labute approximate surface area is 172 Å². The smallest absolute Gasteiger partial charge is 0.259 e. The van der Waals surface area contributed by atoms with Crippen molar-refractivity contribution in [3.05, 3.63) is 59.4 Å². The summed E-state index contributed by atoms with van der Waals surface area (Å²) in [6.45, 7) is 1.94. The van der Waals surface area contributed by atoms with Crippen LogP contribution in [0, 0.1) is 6.92 Å². The number of hydrogen-bond acceptors (Lipinski definition) is 4. The summed E-state index contributed by atoms with van der Waals surface area (Å²) in [5.41, 5.74) is 11.3. The molecule has 30 heavy (non-hydrogen) atoms. The molecule has 0 radical (unpaired) electrons. The van der Waals surface area contributed by atoms with Gasteiger partial charge in [0, 0.05) is 58.6 Å². The van der Waals surface area contributed by atoms with Crippen molar-refractivity contribution in [2.24, 2.45) is 7.05 Å². The highest BCUT2D eigenvalue weighted by Crippen LogP contribution is 2.39. The van der Waals surface area contributed by atoms with Crippen LogP contribution in [0.2, 0.25) is 0 Å². The minimum atomic E-state index is -0.406. The SMILES string of the molecule is COc1cc2[nH]cc(C3=C(c4cn(C)c5cc(N)ccc45)C(=O)NC3=O)c2cc1C. The number of aryl methyl sites for hydroxylation is 2. The third kappa shape index (κ3) is 2.45. The number of imide groups is 1. The van der Waals surface area contributed by atoms with E-state index < -0.39 is 11.8 Å². The third-order valence-electron chi connectivity index (χ3n) is 5.68. The topological polar surface area (TPSA) is 102 Å². The first kappa shape index (κ1) is 18.1. The van der Waals surface area contributed by atoms with Crippen LogP contribution in [-0.2, 0) is 16.6 Å². The lowest BCUT2D eigenvalue weighted by molar-refractivity contribution is -0.122. The van der Waals surface area contributed by atoms with E-state index in [0.717, 1.165) is 33.1 Å². The van der Waals surface area contributed by atoms with Crippen molar-refractivity contribution in [2.75, 3.05) is 12.8 Å². The molecular weight excluding hydrogens is 380 g/mol. The summed E-state index contributed by atoms with van der Waals surface area (Å²) in [5, 5.41) is 4.19. The van der Waals surface area contributed by atoms with Gasteiger partial charge in [-0.2, -0.15) is 0 Å². The first-order valence-corrected chi connectivity index (χ1v) is 9.50. The maximum Gasteiger partial charge on any atom is 0.259 e. The van der Waals surface area contributed by atoms with Crippen molar-refractivity contribution in [3.63, 3.8) is 0 Å². The highest BCUT2D eigenvalue weighted by molar-refractivity contribution is 6.50. The number of fused-ring (bicyclic) bond motifs is 2. The number of H-pyrrole nitrogens is 1. The molecule has 3 heterocycles. The number of amides is 2. The summed E-state index contributed by atoms with van der Waals surface area (Å²) in [5.74, 6) is -0.0561. The molecular formula is C23H20N4O3. The Morgan fingerprint density at radius 1 is 1.00 bits per heavy atom. The lowest BCUT2D eigenvalue weighted by Gasteiger charge is -2.06. The van der Waals surface area contributed by atoms with Gasteiger partial charge in [-0.15, -0.1) is 0 Å². The highest BCUT2D eigenvalue weighted by Gasteiger charge is 2.35. The van der Waals surface area contributed by atoms with Gasteiger partial charge in [-0.05, 0) is 30.7 Å². The summed E-state index contributed by atoms with van der Waals surface area (Å²) in [6.07, 6.45) is 3.63. The number of methoxy groups -OCH3 is 1. The van der Waals surface area contributed by atoms with Crippen LogP contribution in [0.1, 0.15) is 16.7 Å². The summed E-state index contributed by atoms with van der Waals surface area (Å²) in [7, 11) is 3.51. The molecule has 0 unspecified atom stereocenters. The fraction of sp³-hybridized carbons (Fsp3) is 0.130. The second kappa shape index (κ2) is 6.25. The number of nitrogens with zero attached hydrogens (tertiary/aromatic N) is 1. The van der Waals surface area contributed by atoms with Gasteiger partial charge in [-0.3, -0.25) is 14.9 Å².